The van der Waals surface area contributed by atoms with Crippen LogP contribution in [0.15, 0.2) is 12.2 Å². The molecule has 11 heavy (non-hydrogen) atoms. The second-order valence-electron chi connectivity index (χ2n) is 1.94. The van der Waals surface area contributed by atoms with Gasteiger partial charge >= 0.3 is 35.0 Å². The van der Waals surface area contributed by atoms with Gasteiger partial charge in [0, 0.05) is 0 Å². The minimum absolute atomic E-state index is 0.106. The molecular weight excluding hydrogens is 273 g/mol. The van der Waals surface area contributed by atoms with Crippen LogP contribution < -0.4 is 0 Å². The Balaban J connectivity index is 0.000000292. The molecular formula is C8H10Cl2Pd-2. The Hall–Kier alpha value is 0.722. The van der Waals surface area contributed by atoms with Gasteiger partial charge in [0.05, 0.1) is 0 Å². The third-order valence-electron chi connectivity index (χ3n) is 1.16. The van der Waals surface area contributed by atoms with Crippen LogP contribution >= 0.6 is 19.1 Å². The van der Waals surface area contributed by atoms with Crippen molar-refractivity contribution in [2.24, 2.45) is 0 Å². The van der Waals surface area contributed by atoms with Crippen molar-refractivity contribution in [3.63, 3.8) is 0 Å². The summed E-state index contributed by atoms with van der Waals surface area (Å²) in [5, 5.41) is 0. The third kappa shape index (κ3) is 10.7. The zero-order valence-corrected chi connectivity index (χ0v) is 9.12. The van der Waals surface area contributed by atoms with Gasteiger partial charge < -0.3 is 12.2 Å². The average molecular weight is 283 g/mol. The second-order valence-corrected chi connectivity index (χ2v) is 4.30. The summed E-state index contributed by atoms with van der Waals surface area (Å²) in [6.45, 7) is 0. The van der Waals surface area contributed by atoms with Crippen molar-refractivity contribution in [2.75, 3.05) is 0 Å². The van der Waals surface area contributed by atoms with Crippen LogP contribution in [-0.2, 0) is 15.9 Å². The van der Waals surface area contributed by atoms with Crippen molar-refractivity contribution in [1.82, 2.24) is 0 Å². The summed E-state index contributed by atoms with van der Waals surface area (Å²) >= 11 is -0.106. The van der Waals surface area contributed by atoms with E-state index in [2.05, 4.69) is 24.3 Å². The summed E-state index contributed by atoms with van der Waals surface area (Å²) in [7, 11) is 9.63. The van der Waals surface area contributed by atoms with Crippen LogP contribution in [0.5, 0.6) is 0 Å². The molecule has 0 aliphatic heterocycles. The molecule has 0 aromatic heterocycles. The SMILES string of the molecule is [C-]1=CCCC=[C-]CC1.[Cl][Pd][Cl]. The monoisotopic (exact) mass is 282 g/mol. The molecule has 3 heteroatoms. The van der Waals surface area contributed by atoms with E-state index in [9.17, 15) is 0 Å². The molecule has 0 heterocycles. The summed E-state index contributed by atoms with van der Waals surface area (Å²) in [6.07, 6.45) is 15.0. The molecule has 0 saturated heterocycles. The van der Waals surface area contributed by atoms with Gasteiger partial charge in [-0.15, -0.1) is 0 Å². The van der Waals surface area contributed by atoms with Gasteiger partial charge in [-0.05, 0) is 0 Å². The first-order chi connectivity index (χ1) is 5.41. The fourth-order valence-electron chi connectivity index (χ4n) is 0.719. The van der Waals surface area contributed by atoms with Crippen LogP contribution in [-0.4, -0.2) is 0 Å². The normalized spacial score (nSPS) is 16.5. The maximum atomic E-state index is 4.81. The fraction of sp³-hybridized carbons (Fsp3) is 0.500. The van der Waals surface area contributed by atoms with Gasteiger partial charge in [-0.1, -0.05) is 12.8 Å². The topological polar surface area (TPSA) is 0 Å². The first-order valence-corrected chi connectivity index (χ1v) is 7.34. The Morgan fingerprint density at radius 1 is 1.00 bits per heavy atom. The molecule has 0 bridgehead atoms. The van der Waals surface area contributed by atoms with Crippen LogP contribution in [0.1, 0.15) is 25.7 Å². The van der Waals surface area contributed by atoms with E-state index >= 15 is 0 Å². The third-order valence-corrected chi connectivity index (χ3v) is 1.16. The molecule has 0 radical (unpaired) electrons. The van der Waals surface area contributed by atoms with Crippen molar-refractivity contribution in [2.45, 2.75) is 25.7 Å². The molecule has 1 aliphatic rings. The molecule has 1 aliphatic carbocycles. The van der Waals surface area contributed by atoms with Gasteiger partial charge in [0.25, 0.3) is 0 Å². The van der Waals surface area contributed by atoms with Crippen molar-refractivity contribution < 1.29 is 15.9 Å². The van der Waals surface area contributed by atoms with E-state index in [1.165, 1.54) is 0 Å². The zero-order chi connectivity index (χ0) is 8.36. The van der Waals surface area contributed by atoms with Crippen LogP contribution in [0.25, 0.3) is 0 Å². The summed E-state index contributed by atoms with van der Waals surface area (Å²) in [4.78, 5) is 0. The average Bonchev–Trinajstić information content (AvgIpc) is 1.86. The predicted octanol–water partition coefficient (Wildman–Crippen LogP) is 3.66. The van der Waals surface area contributed by atoms with Crippen LogP contribution in [0.4, 0.5) is 0 Å². The van der Waals surface area contributed by atoms with Crippen molar-refractivity contribution >= 4 is 19.1 Å². The Kier molecular flexibility index (Phi) is 11.4. The van der Waals surface area contributed by atoms with Crippen molar-refractivity contribution in [3.05, 3.63) is 24.3 Å². The van der Waals surface area contributed by atoms with Gasteiger partial charge in [0.15, 0.2) is 0 Å². The first kappa shape index (κ1) is 11.7. The van der Waals surface area contributed by atoms with E-state index in [0.717, 1.165) is 25.7 Å². The van der Waals surface area contributed by atoms with E-state index in [4.69, 9.17) is 19.1 Å². The summed E-state index contributed by atoms with van der Waals surface area (Å²) in [6, 6.07) is 0. The van der Waals surface area contributed by atoms with E-state index < -0.39 is 0 Å². The number of rotatable bonds is 0. The van der Waals surface area contributed by atoms with E-state index in [0.29, 0.717) is 0 Å². The molecule has 1 rings (SSSR count). The second kappa shape index (κ2) is 10.7. The standard InChI is InChI=1S/C8H10.2ClH.Pd/c1-2-4-6-8-7-5-3-1;;;/h1,6H,2,4-5,7H2;2*1H;/q-2;;;+2/p-2. The first-order valence-electron chi connectivity index (χ1n) is 3.34. The van der Waals surface area contributed by atoms with Gasteiger partial charge in [-0.2, -0.15) is 0 Å². The minimum atomic E-state index is -0.106. The summed E-state index contributed by atoms with van der Waals surface area (Å²) < 4.78 is 0. The Bertz CT molecular complexity index is 95.3. The maximum absolute atomic E-state index is 4.81. The molecule has 0 atom stereocenters. The van der Waals surface area contributed by atoms with E-state index in [1.807, 2.05) is 0 Å². The van der Waals surface area contributed by atoms with Gasteiger partial charge in [-0.25, -0.2) is 12.8 Å². The van der Waals surface area contributed by atoms with E-state index in [1.54, 1.807) is 0 Å². The van der Waals surface area contributed by atoms with Crippen LogP contribution in [0.3, 0.4) is 0 Å². The fourth-order valence-corrected chi connectivity index (χ4v) is 0.719. The van der Waals surface area contributed by atoms with Crippen LogP contribution in [0, 0.1) is 12.2 Å². The number of halogens is 2. The number of hydrogen-bond donors (Lipinski definition) is 0. The Morgan fingerprint density at radius 2 is 1.36 bits per heavy atom. The molecule has 68 valence electrons. The molecule has 0 aromatic rings. The number of allylic oxidation sites excluding steroid dienone is 4. The summed E-state index contributed by atoms with van der Waals surface area (Å²) in [5.41, 5.74) is 0. The Morgan fingerprint density at radius 3 is 1.73 bits per heavy atom. The zero-order valence-electron chi connectivity index (χ0n) is 6.06. The van der Waals surface area contributed by atoms with Crippen molar-refractivity contribution in [3.8, 4) is 0 Å². The Labute approximate surface area is 84.8 Å². The van der Waals surface area contributed by atoms with Gasteiger partial charge in [0.1, 0.15) is 0 Å². The molecule has 0 saturated carbocycles. The molecule has 0 amide bonds. The molecule has 0 aromatic carbocycles. The quantitative estimate of drug-likeness (QED) is 0.470. The molecule has 0 spiro atoms. The summed E-state index contributed by atoms with van der Waals surface area (Å²) in [5.74, 6) is 0. The molecule has 0 nitrogen and oxygen atoms in total. The number of hydrogen-bond acceptors (Lipinski definition) is 0. The van der Waals surface area contributed by atoms with Crippen LogP contribution in [0.2, 0.25) is 0 Å². The molecule has 0 fully saturated rings. The van der Waals surface area contributed by atoms with E-state index in [-0.39, 0.29) is 15.9 Å². The molecule has 0 N–H and O–H groups in total. The predicted molar refractivity (Wildman–Crippen MR) is 45.8 cm³/mol. The molecule has 0 unspecified atom stereocenters. The van der Waals surface area contributed by atoms with Crippen molar-refractivity contribution in [1.29, 1.82) is 0 Å². The van der Waals surface area contributed by atoms with Gasteiger partial charge in [0.2, 0.25) is 0 Å². The van der Waals surface area contributed by atoms with Gasteiger partial charge in [-0.3, -0.25) is 12.2 Å².